The molecule has 0 unspecified atom stereocenters. The van der Waals surface area contributed by atoms with Crippen LogP contribution in [-0.4, -0.2) is 49.9 Å². The Bertz CT molecular complexity index is 1900. The molecule has 3 heterocycles. The van der Waals surface area contributed by atoms with E-state index in [-0.39, 0.29) is 35.0 Å². The summed E-state index contributed by atoms with van der Waals surface area (Å²) in [5.74, 6) is -1.25. The van der Waals surface area contributed by atoms with E-state index >= 15 is 4.39 Å². The minimum Gasteiger partial charge on any atom is -0.453 e. The third-order valence-electron chi connectivity index (χ3n) is 6.44. The molecule has 5 aromatic rings. The van der Waals surface area contributed by atoms with Gasteiger partial charge in [0.25, 0.3) is 5.56 Å². The topological polar surface area (TPSA) is 133 Å². The van der Waals surface area contributed by atoms with Gasteiger partial charge in [0.1, 0.15) is 22.5 Å². The normalized spacial score (nSPS) is 11.9. The molecule has 0 fully saturated rings. The lowest BCUT2D eigenvalue weighted by Gasteiger charge is -2.14. The largest absolute Gasteiger partial charge is 0.453 e. The number of rotatable bonds is 10. The van der Waals surface area contributed by atoms with Gasteiger partial charge in [-0.15, -0.1) is 0 Å². The summed E-state index contributed by atoms with van der Waals surface area (Å²) in [7, 11) is 2.97. The lowest BCUT2D eigenvalue weighted by Crippen LogP contribution is -2.40. The predicted molar refractivity (Wildman–Crippen MR) is 151 cm³/mol. The number of H-pyrrole nitrogens is 1. The van der Waals surface area contributed by atoms with Crippen LogP contribution in [0.1, 0.15) is 22.8 Å². The van der Waals surface area contributed by atoms with Crippen LogP contribution in [0.25, 0.3) is 16.7 Å². The van der Waals surface area contributed by atoms with Gasteiger partial charge in [0.15, 0.2) is 28.8 Å². The van der Waals surface area contributed by atoms with Crippen molar-refractivity contribution in [1.82, 2.24) is 24.3 Å². The third-order valence-corrected chi connectivity index (χ3v) is 6.44. The van der Waals surface area contributed by atoms with Crippen molar-refractivity contribution in [3.05, 3.63) is 105 Å². The number of aromatic amines is 1. The van der Waals surface area contributed by atoms with Gasteiger partial charge in [0.05, 0.1) is 12.3 Å². The van der Waals surface area contributed by atoms with Gasteiger partial charge in [-0.05, 0) is 48.9 Å². The first-order chi connectivity index (χ1) is 20.2. The molecule has 0 bridgehead atoms. The van der Waals surface area contributed by atoms with E-state index in [0.717, 1.165) is 33.5 Å². The molecule has 0 spiro atoms. The number of hydrogen-bond acceptors (Lipinski definition) is 8. The van der Waals surface area contributed by atoms with Gasteiger partial charge in [-0.3, -0.25) is 14.7 Å². The molecule has 1 atom stereocenters. The van der Waals surface area contributed by atoms with Gasteiger partial charge < -0.3 is 19.4 Å². The van der Waals surface area contributed by atoms with Gasteiger partial charge >= 0.3 is 5.69 Å². The summed E-state index contributed by atoms with van der Waals surface area (Å²) >= 11 is 0. The number of halogens is 2. The maximum Gasteiger partial charge on any atom is 0.335 e. The second kappa shape index (κ2) is 11.7. The summed E-state index contributed by atoms with van der Waals surface area (Å²) in [6, 6.07) is 10.3. The fourth-order valence-corrected chi connectivity index (χ4v) is 4.45. The smallest absolute Gasteiger partial charge is 0.335 e. The first-order valence-corrected chi connectivity index (χ1v) is 12.8. The van der Waals surface area contributed by atoms with E-state index in [9.17, 15) is 18.8 Å². The zero-order valence-corrected chi connectivity index (χ0v) is 22.9. The van der Waals surface area contributed by atoms with E-state index in [1.807, 2.05) is 6.92 Å². The molecule has 0 aliphatic carbocycles. The lowest BCUT2D eigenvalue weighted by molar-refractivity contribution is 0.0990. The monoisotopic (exact) mass is 576 g/mol. The number of pyridine rings is 1. The number of benzene rings is 2. The van der Waals surface area contributed by atoms with Crippen molar-refractivity contribution in [2.45, 2.75) is 19.4 Å². The highest BCUT2D eigenvalue weighted by Gasteiger charge is 2.20. The standard InChI is InChI=1S/C29H26F2N6O5/c1-16(15-41-3)33-27-25-24(10-11-32-26(25)34-35-27)42-23-9-4-17(12-21(23)31)13-22(38)20-14-36(2)29(40)37(28(20)39)19-7-5-18(30)6-8-19/h4-12,14,16H,13,15H2,1-3H3,(H2,32,33,34,35)/t16-/m0/s1. The Kier molecular flexibility index (Phi) is 7.93. The number of anilines is 1. The van der Waals surface area contributed by atoms with E-state index < -0.39 is 28.7 Å². The number of nitrogens with one attached hydrogen (secondary N) is 2. The number of ketones is 1. The third kappa shape index (κ3) is 5.67. The molecule has 5 rings (SSSR count). The van der Waals surface area contributed by atoms with Crippen LogP contribution in [0.4, 0.5) is 14.6 Å². The molecule has 216 valence electrons. The Morgan fingerprint density at radius 2 is 1.86 bits per heavy atom. The second-order valence-corrected chi connectivity index (χ2v) is 9.63. The number of carbonyl (C=O) groups is 1. The van der Waals surface area contributed by atoms with Crippen LogP contribution in [0.5, 0.6) is 11.5 Å². The molecular weight excluding hydrogens is 550 g/mol. The lowest BCUT2D eigenvalue weighted by atomic mass is 10.0. The average Bonchev–Trinajstić information content (AvgIpc) is 3.36. The van der Waals surface area contributed by atoms with E-state index in [1.54, 1.807) is 13.2 Å². The van der Waals surface area contributed by atoms with Crippen LogP contribution in [0, 0.1) is 11.6 Å². The molecule has 0 aliphatic rings. The fourth-order valence-electron chi connectivity index (χ4n) is 4.45. The molecule has 0 aliphatic heterocycles. The number of hydrogen-bond donors (Lipinski definition) is 2. The number of nitrogens with zero attached hydrogens (tertiary/aromatic N) is 4. The van der Waals surface area contributed by atoms with Crippen molar-refractivity contribution < 1.29 is 23.0 Å². The summed E-state index contributed by atoms with van der Waals surface area (Å²) in [5, 5.41) is 10.8. The number of ether oxygens (including phenoxy) is 2. The summed E-state index contributed by atoms with van der Waals surface area (Å²) in [5.41, 5.74) is -1.01. The molecular formula is C29H26F2N6O5. The van der Waals surface area contributed by atoms with E-state index in [1.165, 1.54) is 37.5 Å². The maximum absolute atomic E-state index is 15.2. The number of methoxy groups -OCH3 is 1. The fraction of sp³-hybridized carbons (Fsp3) is 0.207. The number of Topliss-reactive ketones (excluding diaryl/α,β-unsaturated/α-hetero) is 1. The Balaban J connectivity index is 1.40. The summed E-state index contributed by atoms with van der Waals surface area (Å²) in [6.07, 6.45) is 2.31. The zero-order valence-electron chi connectivity index (χ0n) is 22.9. The van der Waals surface area contributed by atoms with Crippen molar-refractivity contribution in [2.75, 3.05) is 19.0 Å². The van der Waals surface area contributed by atoms with E-state index in [0.29, 0.717) is 29.2 Å². The number of aromatic nitrogens is 5. The SMILES string of the molecule is COC[C@H](C)Nc1n[nH]c2nccc(Oc3ccc(CC(=O)c4cn(C)c(=O)n(-c5ccc(F)cc5)c4=O)cc3F)c12. The van der Waals surface area contributed by atoms with Crippen LogP contribution < -0.4 is 21.3 Å². The molecule has 0 saturated carbocycles. The summed E-state index contributed by atoms with van der Waals surface area (Å²) < 4.78 is 41.5. The predicted octanol–water partition coefficient (Wildman–Crippen LogP) is 3.75. The van der Waals surface area contributed by atoms with E-state index in [2.05, 4.69) is 20.5 Å². The molecule has 11 nitrogen and oxygen atoms in total. The molecule has 13 heteroatoms. The van der Waals surface area contributed by atoms with Crippen LogP contribution in [0.15, 0.2) is 70.5 Å². The Labute approximate surface area is 237 Å². The highest BCUT2D eigenvalue weighted by Crippen LogP contribution is 2.34. The first-order valence-electron chi connectivity index (χ1n) is 12.8. The molecule has 2 aromatic carbocycles. The van der Waals surface area contributed by atoms with E-state index in [4.69, 9.17) is 9.47 Å². The molecule has 2 N–H and O–H groups in total. The molecule has 0 amide bonds. The molecule has 42 heavy (non-hydrogen) atoms. The molecule has 0 saturated heterocycles. The highest BCUT2D eigenvalue weighted by atomic mass is 19.1. The van der Waals surface area contributed by atoms with Gasteiger partial charge in [-0.1, -0.05) is 6.07 Å². The van der Waals surface area contributed by atoms with Crippen molar-refractivity contribution in [1.29, 1.82) is 0 Å². The maximum atomic E-state index is 15.2. The van der Waals surface area contributed by atoms with Crippen LogP contribution >= 0.6 is 0 Å². The van der Waals surface area contributed by atoms with Gasteiger partial charge in [-0.2, -0.15) is 5.10 Å². The second-order valence-electron chi connectivity index (χ2n) is 9.63. The molecule has 3 aromatic heterocycles. The van der Waals surface area contributed by atoms with Crippen LogP contribution in [0.2, 0.25) is 0 Å². The van der Waals surface area contributed by atoms with Crippen molar-refractivity contribution >= 4 is 22.6 Å². The van der Waals surface area contributed by atoms with Gasteiger partial charge in [0, 0.05) is 45.1 Å². The van der Waals surface area contributed by atoms with Gasteiger partial charge in [0.2, 0.25) is 0 Å². The Morgan fingerprint density at radius 1 is 1.10 bits per heavy atom. The Hall–Kier alpha value is -5.17. The minimum absolute atomic E-state index is 0.0741. The summed E-state index contributed by atoms with van der Waals surface area (Å²) in [4.78, 5) is 43.1. The van der Waals surface area contributed by atoms with Crippen molar-refractivity contribution in [3.63, 3.8) is 0 Å². The molecule has 0 radical (unpaired) electrons. The number of carbonyl (C=O) groups excluding carboxylic acids is 1. The summed E-state index contributed by atoms with van der Waals surface area (Å²) in [6.45, 7) is 2.34. The quantitative estimate of drug-likeness (QED) is 0.240. The van der Waals surface area contributed by atoms with Crippen LogP contribution in [0.3, 0.4) is 0 Å². The first kappa shape index (κ1) is 28.4. The van der Waals surface area contributed by atoms with Crippen LogP contribution in [-0.2, 0) is 18.2 Å². The van der Waals surface area contributed by atoms with Crippen molar-refractivity contribution in [2.24, 2.45) is 7.05 Å². The zero-order chi connectivity index (χ0) is 30.0. The minimum atomic E-state index is -0.860. The highest BCUT2D eigenvalue weighted by molar-refractivity contribution is 5.97. The van der Waals surface area contributed by atoms with Gasteiger partial charge in [-0.25, -0.2) is 23.1 Å². The van der Waals surface area contributed by atoms with Crippen molar-refractivity contribution in [3.8, 4) is 17.2 Å². The number of aryl methyl sites for hydroxylation is 1. The average molecular weight is 577 g/mol. The Morgan fingerprint density at radius 3 is 2.57 bits per heavy atom. The number of fused-ring (bicyclic) bond motifs is 1.